The summed E-state index contributed by atoms with van der Waals surface area (Å²) in [7, 11) is 4.78. The number of rotatable bonds is 5. The van der Waals surface area contributed by atoms with Crippen molar-refractivity contribution in [2.45, 2.75) is 18.5 Å². The fourth-order valence-electron chi connectivity index (χ4n) is 3.52. The lowest BCUT2D eigenvalue weighted by Gasteiger charge is -2.31. The molecule has 0 saturated carbocycles. The first-order chi connectivity index (χ1) is 13.6. The fraction of sp³-hybridized carbons (Fsp3) is 0.316. The normalized spacial score (nSPS) is 18.1. The molecule has 0 radical (unpaired) electrons. The summed E-state index contributed by atoms with van der Waals surface area (Å²) in [6.07, 6.45) is 0.734. The van der Waals surface area contributed by atoms with E-state index in [0.29, 0.717) is 28.2 Å². The summed E-state index contributed by atoms with van der Waals surface area (Å²) in [6, 6.07) is 11.6. The standard InChI is InChI=1S/C19H20ClN5O3/c1-26-16-8-12(9-17(27-2)18(16)28-3)15-10-14(11-4-6-13(20)7-5-11)21-19-22-23-24-25(15)19/h4-9,14-15H,10H2,1-3H3,(H,21,22,24)/t14-,15-/m0/s1. The summed E-state index contributed by atoms with van der Waals surface area (Å²) >= 11 is 6.04. The van der Waals surface area contributed by atoms with Crippen molar-refractivity contribution in [3.8, 4) is 17.2 Å². The molecule has 28 heavy (non-hydrogen) atoms. The minimum absolute atomic E-state index is 0.0276. The van der Waals surface area contributed by atoms with Crippen molar-refractivity contribution < 1.29 is 14.2 Å². The summed E-state index contributed by atoms with van der Waals surface area (Å²) in [5, 5.41) is 16.2. The van der Waals surface area contributed by atoms with Gasteiger partial charge in [-0.25, -0.2) is 4.68 Å². The van der Waals surface area contributed by atoms with Crippen LogP contribution < -0.4 is 19.5 Å². The van der Waals surface area contributed by atoms with Crippen LogP contribution in [0.3, 0.4) is 0 Å². The van der Waals surface area contributed by atoms with E-state index in [1.165, 1.54) is 0 Å². The van der Waals surface area contributed by atoms with Crippen LogP contribution in [0.5, 0.6) is 17.2 Å². The van der Waals surface area contributed by atoms with E-state index in [-0.39, 0.29) is 12.1 Å². The summed E-state index contributed by atoms with van der Waals surface area (Å²) in [5.41, 5.74) is 2.07. The lowest BCUT2D eigenvalue weighted by atomic mass is 9.93. The van der Waals surface area contributed by atoms with Crippen molar-refractivity contribution in [3.05, 3.63) is 52.5 Å². The lowest BCUT2D eigenvalue weighted by Crippen LogP contribution is -2.28. The van der Waals surface area contributed by atoms with E-state index in [1.807, 2.05) is 36.4 Å². The quantitative estimate of drug-likeness (QED) is 0.700. The average Bonchev–Trinajstić information content (AvgIpc) is 3.21. The predicted molar refractivity (Wildman–Crippen MR) is 104 cm³/mol. The average molecular weight is 402 g/mol. The molecule has 0 amide bonds. The van der Waals surface area contributed by atoms with Gasteiger partial charge in [0, 0.05) is 5.02 Å². The Kier molecular flexibility index (Phi) is 4.95. The van der Waals surface area contributed by atoms with Gasteiger partial charge in [-0.1, -0.05) is 28.8 Å². The Morgan fingerprint density at radius 3 is 2.29 bits per heavy atom. The van der Waals surface area contributed by atoms with Crippen molar-refractivity contribution in [1.29, 1.82) is 0 Å². The monoisotopic (exact) mass is 401 g/mol. The molecular weight excluding hydrogens is 382 g/mol. The molecule has 2 aromatic carbocycles. The van der Waals surface area contributed by atoms with E-state index in [2.05, 4.69) is 20.8 Å². The van der Waals surface area contributed by atoms with Gasteiger partial charge in [-0.05, 0) is 52.2 Å². The molecule has 9 heteroatoms. The van der Waals surface area contributed by atoms with Gasteiger partial charge in [0.25, 0.3) is 0 Å². The first kappa shape index (κ1) is 18.4. The molecule has 2 atom stereocenters. The van der Waals surface area contributed by atoms with E-state index >= 15 is 0 Å². The van der Waals surface area contributed by atoms with E-state index in [9.17, 15) is 0 Å². The highest BCUT2D eigenvalue weighted by Crippen LogP contribution is 2.44. The molecule has 4 rings (SSSR count). The number of fused-ring (bicyclic) bond motifs is 1. The summed E-state index contributed by atoms with van der Waals surface area (Å²) in [4.78, 5) is 0. The molecule has 3 aromatic rings. The Labute approximate surface area is 167 Å². The van der Waals surface area contributed by atoms with Crippen LogP contribution in [0.1, 0.15) is 29.6 Å². The molecule has 1 aromatic heterocycles. The van der Waals surface area contributed by atoms with Gasteiger partial charge in [0.05, 0.1) is 33.4 Å². The minimum Gasteiger partial charge on any atom is -0.493 e. The molecule has 0 unspecified atom stereocenters. The zero-order valence-corrected chi connectivity index (χ0v) is 16.5. The fourth-order valence-corrected chi connectivity index (χ4v) is 3.65. The molecule has 0 aliphatic carbocycles. The van der Waals surface area contributed by atoms with Crippen molar-refractivity contribution >= 4 is 17.5 Å². The Balaban J connectivity index is 1.77. The van der Waals surface area contributed by atoms with Gasteiger partial charge >= 0.3 is 0 Å². The van der Waals surface area contributed by atoms with Gasteiger partial charge in [0.15, 0.2) is 11.5 Å². The number of anilines is 1. The maximum atomic E-state index is 6.04. The highest BCUT2D eigenvalue weighted by molar-refractivity contribution is 6.30. The van der Waals surface area contributed by atoms with Gasteiger partial charge < -0.3 is 19.5 Å². The van der Waals surface area contributed by atoms with E-state index in [4.69, 9.17) is 25.8 Å². The molecule has 0 saturated heterocycles. The van der Waals surface area contributed by atoms with Crippen molar-refractivity contribution in [1.82, 2.24) is 20.2 Å². The zero-order valence-electron chi connectivity index (χ0n) is 15.7. The van der Waals surface area contributed by atoms with E-state index in [0.717, 1.165) is 17.5 Å². The third-order valence-electron chi connectivity index (χ3n) is 4.89. The van der Waals surface area contributed by atoms with Gasteiger partial charge in [-0.15, -0.1) is 0 Å². The SMILES string of the molecule is COc1cc([C@@H]2C[C@@H](c3ccc(Cl)cc3)Nc3nnnn32)cc(OC)c1OC. The largest absolute Gasteiger partial charge is 0.493 e. The van der Waals surface area contributed by atoms with Crippen molar-refractivity contribution in [3.63, 3.8) is 0 Å². The van der Waals surface area contributed by atoms with E-state index in [1.54, 1.807) is 26.0 Å². The van der Waals surface area contributed by atoms with Crippen LogP contribution in [0.2, 0.25) is 5.02 Å². The highest BCUT2D eigenvalue weighted by atomic mass is 35.5. The Morgan fingerprint density at radius 1 is 1.00 bits per heavy atom. The summed E-state index contributed by atoms with van der Waals surface area (Å²) in [6.45, 7) is 0. The van der Waals surface area contributed by atoms with Crippen LogP contribution in [-0.2, 0) is 0 Å². The number of ether oxygens (including phenoxy) is 3. The number of aromatic nitrogens is 4. The molecule has 1 aliphatic rings. The van der Waals surface area contributed by atoms with Gasteiger partial charge in [0.1, 0.15) is 0 Å². The van der Waals surface area contributed by atoms with Crippen LogP contribution in [0.25, 0.3) is 0 Å². The second kappa shape index (κ2) is 7.55. The maximum Gasteiger partial charge on any atom is 0.243 e. The summed E-state index contributed by atoms with van der Waals surface area (Å²) < 4.78 is 18.2. The molecular formula is C19H20ClN5O3. The molecule has 1 N–H and O–H groups in total. The first-order valence-corrected chi connectivity index (χ1v) is 9.12. The van der Waals surface area contributed by atoms with E-state index < -0.39 is 0 Å². The molecule has 146 valence electrons. The number of benzene rings is 2. The highest BCUT2D eigenvalue weighted by Gasteiger charge is 2.32. The smallest absolute Gasteiger partial charge is 0.243 e. The number of halogens is 1. The molecule has 8 nitrogen and oxygen atoms in total. The Morgan fingerprint density at radius 2 is 1.68 bits per heavy atom. The number of hydrogen-bond donors (Lipinski definition) is 1. The third-order valence-corrected chi connectivity index (χ3v) is 5.15. The third kappa shape index (κ3) is 3.20. The van der Waals surface area contributed by atoms with Crippen LogP contribution in [-0.4, -0.2) is 41.5 Å². The second-order valence-electron chi connectivity index (χ2n) is 6.41. The molecule has 0 bridgehead atoms. The number of tetrazole rings is 1. The maximum absolute atomic E-state index is 6.04. The molecule has 1 aliphatic heterocycles. The summed E-state index contributed by atoms with van der Waals surface area (Å²) in [5.74, 6) is 2.33. The first-order valence-electron chi connectivity index (χ1n) is 8.74. The van der Waals surface area contributed by atoms with Crippen molar-refractivity contribution in [2.75, 3.05) is 26.6 Å². The van der Waals surface area contributed by atoms with Crippen LogP contribution >= 0.6 is 11.6 Å². The Bertz CT molecular complexity index is 951. The van der Waals surface area contributed by atoms with Crippen LogP contribution in [0.4, 0.5) is 5.95 Å². The second-order valence-corrected chi connectivity index (χ2v) is 6.84. The van der Waals surface area contributed by atoms with Crippen LogP contribution in [0, 0.1) is 0 Å². The molecule has 2 heterocycles. The van der Waals surface area contributed by atoms with Gasteiger partial charge in [-0.3, -0.25) is 0 Å². The van der Waals surface area contributed by atoms with Gasteiger partial charge in [-0.2, -0.15) is 0 Å². The number of methoxy groups -OCH3 is 3. The number of hydrogen-bond acceptors (Lipinski definition) is 7. The zero-order chi connectivity index (χ0) is 19.7. The molecule has 0 spiro atoms. The van der Waals surface area contributed by atoms with Crippen LogP contribution in [0.15, 0.2) is 36.4 Å². The minimum atomic E-state index is -0.111. The Hall–Kier alpha value is -3.00. The number of nitrogens with one attached hydrogen (secondary N) is 1. The van der Waals surface area contributed by atoms with Gasteiger partial charge in [0.2, 0.25) is 11.7 Å². The predicted octanol–water partition coefficient (Wildman–Crippen LogP) is 3.50. The topological polar surface area (TPSA) is 83.3 Å². The number of nitrogens with zero attached hydrogens (tertiary/aromatic N) is 4. The lowest BCUT2D eigenvalue weighted by molar-refractivity contribution is 0.321. The molecule has 0 fully saturated rings. The van der Waals surface area contributed by atoms with Crippen molar-refractivity contribution in [2.24, 2.45) is 0 Å².